The lowest BCUT2D eigenvalue weighted by molar-refractivity contribution is 0.163. The predicted octanol–water partition coefficient (Wildman–Crippen LogP) is 2.07. The molecule has 1 atom stereocenters. The van der Waals surface area contributed by atoms with Crippen LogP contribution in [0.15, 0.2) is 42.5 Å². The molecule has 0 radical (unpaired) electrons. The second-order valence-electron chi connectivity index (χ2n) is 7.31. The Bertz CT molecular complexity index is 985. The van der Waals surface area contributed by atoms with Gasteiger partial charge in [-0.25, -0.2) is 4.68 Å². The molecule has 0 aliphatic carbocycles. The van der Waals surface area contributed by atoms with Crippen molar-refractivity contribution in [3.8, 4) is 11.5 Å². The highest BCUT2D eigenvalue weighted by molar-refractivity contribution is 5.47. The third kappa shape index (κ3) is 2.95. The van der Waals surface area contributed by atoms with Crippen molar-refractivity contribution >= 4 is 5.69 Å². The average Bonchev–Trinajstić information content (AvgIpc) is 3.36. The van der Waals surface area contributed by atoms with Crippen molar-refractivity contribution in [1.82, 2.24) is 25.1 Å². The molecule has 2 aliphatic heterocycles. The van der Waals surface area contributed by atoms with Gasteiger partial charge in [-0.15, -0.1) is 5.10 Å². The number of anilines is 1. The molecule has 28 heavy (non-hydrogen) atoms. The second-order valence-corrected chi connectivity index (χ2v) is 7.31. The van der Waals surface area contributed by atoms with Crippen molar-refractivity contribution in [3.63, 3.8) is 0 Å². The number of hydrogen-bond donors (Lipinski definition) is 0. The molecule has 144 valence electrons. The molecular formula is C20H22N6O2. The van der Waals surface area contributed by atoms with Crippen LogP contribution in [0.4, 0.5) is 5.69 Å². The quantitative estimate of drug-likeness (QED) is 0.688. The van der Waals surface area contributed by atoms with Gasteiger partial charge in [0.15, 0.2) is 17.3 Å². The van der Waals surface area contributed by atoms with E-state index < -0.39 is 0 Å². The molecule has 0 saturated heterocycles. The van der Waals surface area contributed by atoms with Crippen molar-refractivity contribution < 1.29 is 9.47 Å². The molecule has 0 N–H and O–H groups in total. The lowest BCUT2D eigenvalue weighted by Gasteiger charge is -2.35. The molecule has 0 spiro atoms. The minimum atomic E-state index is -0.0354. The highest BCUT2D eigenvalue weighted by Crippen LogP contribution is 2.38. The Morgan fingerprint density at radius 3 is 2.68 bits per heavy atom. The van der Waals surface area contributed by atoms with Crippen molar-refractivity contribution in [3.05, 3.63) is 59.4 Å². The van der Waals surface area contributed by atoms with Crippen LogP contribution in [-0.4, -0.2) is 52.5 Å². The van der Waals surface area contributed by atoms with Crippen molar-refractivity contribution in [2.75, 3.05) is 32.3 Å². The van der Waals surface area contributed by atoms with Crippen LogP contribution in [-0.2, 0) is 13.1 Å². The van der Waals surface area contributed by atoms with E-state index in [-0.39, 0.29) is 12.8 Å². The topological polar surface area (TPSA) is 68.5 Å². The lowest BCUT2D eigenvalue weighted by atomic mass is 10.0. The SMILES string of the molecule is CN(C)c1ccc(CN2CCn3nnnc3C2c2ccc3c(c2)OCO3)cc1. The van der Waals surface area contributed by atoms with Crippen LogP contribution in [0.25, 0.3) is 0 Å². The van der Waals surface area contributed by atoms with Gasteiger partial charge in [-0.05, 0) is 45.8 Å². The van der Waals surface area contributed by atoms with Crippen molar-refractivity contribution in [2.45, 2.75) is 19.1 Å². The molecule has 0 saturated carbocycles. The molecule has 8 heteroatoms. The average molecular weight is 378 g/mol. The van der Waals surface area contributed by atoms with Gasteiger partial charge in [0.2, 0.25) is 6.79 Å². The Labute approximate surface area is 163 Å². The number of nitrogens with zero attached hydrogens (tertiary/aromatic N) is 6. The highest BCUT2D eigenvalue weighted by Gasteiger charge is 2.33. The van der Waals surface area contributed by atoms with Crippen LogP contribution in [0.3, 0.4) is 0 Å². The van der Waals surface area contributed by atoms with Crippen LogP contribution >= 0.6 is 0 Å². The van der Waals surface area contributed by atoms with E-state index in [0.29, 0.717) is 0 Å². The number of hydrogen-bond acceptors (Lipinski definition) is 7. The maximum Gasteiger partial charge on any atom is 0.231 e. The van der Waals surface area contributed by atoms with Gasteiger partial charge in [-0.1, -0.05) is 18.2 Å². The van der Waals surface area contributed by atoms with Gasteiger partial charge in [0.25, 0.3) is 0 Å². The fourth-order valence-corrected chi connectivity index (χ4v) is 3.83. The zero-order valence-electron chi connectivity index (χ0n) is 15.9. The standard InChI is InChI=1S/C20H22N6O2/c1-24(2)16-6-3-14(4-7-16)12-25-9-10-26-20(21-22-23-26)19(25)15-5-8-17-18(11-15)28-13-27-17/h3-8,11,19H,9-10,12-13H2,1-2H3. The van der Waals surface area contributed by atoms with Gasteiger partial charge in [0.05, 0.1) is 12.6 Å². The summed E-state index contributed by atoms with van der Waals surface area (Å²) in [4.78, 5) is 4.52. The number of fused-ring (bicyclic) bond motifs is 2. The summed E-state index contributed by atoms with van der Waals surface area (Å²) < 4.78 is 12.9. The van der Waals surface area contributed by atoms with E-state index in [9.17, 15) is 0 Å². The third-order valence-corrected chi connectivity index (χ3v) is 5.32. The van der Waals surface area contributed by atoms with Gasteiger partial charge in [-0.2, -0.15) is 0 Å². The first-order valence-electron chi connectivity index (χ1n) is 9.35. The highest BCUT2D eigenvalue weighted by atomic mass is 16.7. The first-order valence-corrected chi connectivity index (χ1v) is 9.35. The molecule has 8 nitrogen and oxygen atoms in total. The van der Waals surface area contributed by atoms with E-state index in [1.54, 1.807) is 0 Å². The fourth-order valence-electron chi connectivity index (χ4n) is 3.83. The predicted molar refractivity (Wildman–Crippen MR) is 103 cm³/mol. The van der Waals surface area contributed by atoms with Gasteiger partial charge in [0, 0.05) is 32.9 Å². The van der Waals surface area contributed by atoms with E-state index >= 15 is 0 Å². The molecule has 2 aromatic carbocycles. The van der Waals surface area contributed by atoms with E-state index in [2.05, 4.69) is 69.8 Å². The first kappa shape index (κ1) is 17.0. The second kappa shape index (κ2) is 6.79. The van der Waals surface area contributed by atoms with E-state index in [4.69, 9.17) is 9.47 Å². The summed E-state index contributed by atoms with van der Waals surface area (Å²) in [6, 6.07) is 14.7. The monoisotopic (exact) mass is 378 g/mol. The zero-order valence-corrected chi connectivity index (χ0v) is 15.9. The van der Waals surface area contributed by atoms with Crippen LogP contribution in [0.5, 0.6) is 11.5 Å². The summed E-state index contributed by atoms with van der Waals surface area (Å²) >= 11 is 0. The van der Waals surface area contributed by atoms with E-state index in [0.717, 1.165) is 42.5 Å². The Morgan fingerprint density at radius 2 is 1.86 bits per heavy atom. The van der Waals surface area contributed by atoms with Crippen LogP contribution in [0, 0.1) is 0 Å². The third-order valence-electron chi connectivity index (χ3n) is 5.32. The van der Waals surface area contributed by atoms with E-state index in [1.165, 1.54) is 11.3 Å². The maximum absolute atomic E-state index is 5.58. The number of rotatable bonds is 4. The van der Waals surface area contributed by atoms with Crippen LogP contribution < -0.4 is 14.4 Å². The van der Waals surface area contributed by atoms with Gasteiger partial charge >= 0.3 is 0 Å². The van der Waals surface area contributed by atoms with Gasteiger partial charge < -0.3 is 14.4 Å². The summed E-state index contributed by atoms with van der Waals surface area (Å²) in [5.41, 5.74) is 3.56. The molecule has 1 unspecified atom stereocenters. The largest absolute Gasteiger partial charge is 0.454 e. The van der Waals surface area contributed by atoms with Crippen LogP contribution in [0.1, 0.15) is 23.0 Å². The molecule has 0 amide bonds. The minimum Gasteiger partial charge on any atom is -0.454 e. The molecule has 3 aromatic rings. The Morgan fingerprint density at radius 1 is 1.04 bits per heavy atom. The summed E-state index contributed by atoms with van der Waals surface area (Å²) in [7, 11) is 4.10. The lowest BCUT2D eigenvalue weighted by Crippen LogP contribution is -2.39. The van der Waals surface area contributed by atoms with Gasteiger partial charge in [-0.3, -0.25) is 4.90 Å². The Hall–Kier alpha value is -3.13. The van der Waals surface area contributed by atoms with Crippen LogP contribution in [0.2, 0.25) is 0 Å². The molecular weight excluding hydrogens is 356 g/mol. The number of benzene rings is 2. The summed E-state index contributed by atoms with van der Waals surface area (Å²) in [6.45, 7) is 2.73. The number of tetrazole rings is 1. The molecule has 0 bridgehead atoms. The fraction of sp³-hybridized carbons (Fsp3) is 0.350. The summed E-state index contributed by atoms with van der Waals surface area (Å²) in [5.74, 6) is 2.41. The van der Waals surface area contributed by atoms with Gasteiger partial charge in [0.1, 0.15) is 0 Å². The van der Waals surface area contributed by atoms with E-state index in [1.807, 2.05) is 16.8 Å². The molecule has 1 aromatic heterocycles. The molecule has 3 heterocycles. The normalized spacial score (nSPS) is 18.1. The number of ether oxygens (including phenoxy) is 2. The van der Waals surface area contributed by atoms with Crippen molar-refractivity contribution in [1.29, 1.82) is 0 Å². The zero-order chi connectivity index (χ0) is 19.1. The van der Waals surface area contributed by atoms with Crippen molar-refractivity contribution in [2.24, 2.45) is 0 Å². The number of aromatic nitrogens is 4. The minimum absolute atomic E-state index is 0.0354. The Kier molecular flexibility index (Phi) is 4.12. The molecule has 5 rings (SSSR count). The Balaban J connectivity index is 1.48. The molecule has 2 aliphatic rings. The smallest absolute Gasteiger partial charge is 0.231 e. The maximum atomic E-state index is 5.58. The first-order chi connectivity index (χ1) is 13.7. The summed E-state index contributed by atoms with van der Waals surface area (Å²) in [5, 5.41) is 12.4. The molecule has 0 fully saturated rings. The summed E-state index contributed by atoms with van der Waals surface area (Å²) in [6.07, 6.45) is 0.